The van der Waals surface area contributed by atoms with Gasteiger partial charge in [0.2, 0.25) is 5.91 Å². The highest BCUT2D eigenvalue weighted by Crippen LogP contribution is 2.31. The van der Waals surface area contributed by atoms with Gasteiger partial charge in [0.1, 0.15) is 0 Å². The average Bonchev–Trinajstić information content (AvgIpc) is 2.85. The molecule has 1 saturated carbocycles. The van der Waals surface area contributed by atoms with Crippen molar-refractivity contribution in [2.75, 3.05) is 13.1 Å². The van der Waals surface area contributed by atoms with Gasteiger partial charge in [-0.3, -0.25) is 4.79 Å². The van der Waals surface area contributed by atoms with E-state index in [2.05, 4.69) is 13.8 Å². The Balaban J connectivity index is 1.71. The van der Waals surface area contributed by atoms with E-state index < -0.39 is 0 Å². The van der Waals surface area contributed by atoms with Crippen molar-refractivity contribution in [3.8, 4) is 0 Å². The molecule has 0 aromatic heterocycles. The van der Waals surface area contributed by atoms with E-state index >= 15 is 0 Å². The summed E-state index contributed by atoms with van der Waals surface area (Å²) >= 11 is 0. The Morgan fingerprint density at radius 1 is 1.26 bits per heavy atom. The fraction of sp³-hybridized carbons (Fsp3) is 0.938. The lowest BCUT2D eigenvalue weighted by Gasteiger charge is -2.41. The van der Waals surface area contributed by atoms with Crippen LogP contribution < -0.4 is 0 Å². The van der Waals surface area contributed by atoms with E-state index in [0.29, 0.717) is 13.0 Å². The van der Waals surface area contributed by atoms with Gasteiger partial charge in [0.05, 0.1) is 6.10 Å². The number of amides is 1. The third kappa shape index (κ3) is 3.95. The molecular weight excluding hydrogens is 238 g/mol. The molecule has 1 unspecified atom stereocenters. The Morgan fingerprint density at radius 3 is 2.58 bits per heavy atom. The number of likely N-dealkylation sites (tertiary alicyclic amines) is 1. The van der Waals surface area contributed by atoms with Crippen molar-refractivity contribution < 1.29 is 9.90 Å². The Labute approximate surface area is 117 Å². The maximum absolute atomic E-state index is 12.2. The second-order valence-electron chi connectivity index (χ2n) is 7.15. The summed E-state index contributed by atoms with van der Waals surface area (Å²) in [7, 11) is 0. The molecule has 1 N–H and O–H groups in total. The third-order valence-electron chi connectivity index (χ3n) is 5.00. The van der Waals surface area contributed by atoms with Crippen LogP contribution in [0.2, 0.25) is 0 Å². The van der Waals surface area contributed by atoms with Crippen molar-refractivity contribution in [2.45, 2.75) is 71.3 Å². The largest absolute Gasteiger partial charge is 0.392 e. The van der Waals surface area contributed by atoms with Gasteiger partial charge in [0.25, 0.3) is 0 Å². The van der Waals surface area contributed by atoms with Crippen molar-refractivity contribution in [3.63, 3.8) is 0 Å². The number of hydrogen-bond acceptors (Lipinski definition) is 2. The lowest BCUT2D eigenvalue weighted by atomic mass is 9.81. The maximum Gasteiger partial charge on any atom is 0.222 e. The Hall–Kier alpha value is -0.570. The van der Waals surface area contributed by atoms with Gasteiger partial charge in [0, 0.05) is 24.9 Å². The Morgan fingerprint density at radius 2 is 1.95 bits per heavy atom. The molecule has 3 heteroatoms. The van der Waals surface area contributed by atoms with Crippen molar-refractivity contribution >= 4 is 5.91 Å². The number of carbonyl (C=O) groups is 1. The first kappa shape index (κ1) is 14.8. The Bertz CT molecular complexity index is 308. The lowest BCUT2D eigenvalue weighted by molar-refractivity contribution is -0.138. The second kappa shape index (κ2) is 6.25. The summed E-state index contributed by atoms with van der Waals surface area (Å²) in [5.74, 6) is 1.17. The van der Waals surface area contributed by atoms with Gasteiger partial charge in [-0.25, -0.2) is 0 Å². The van der Waals surface area contributed by atoms with Gasteiger partial charge in [0.15, 0.2) is 0 Å². The van der Waals surface area contributed by atoms with Crippen molar-refractivity contribution in [2.24, 2.45) is 11.3 Å². The molecule has 2 aliphatic rings. The highest BCUT2D eigenvalue weighted by molar-refractivity contribution is 5.76. The SMILES string of the molecule is CC1(C)CN(C(=O)CCCC2CCCC2)CCC1O. The van der Waals surface area contributed by atoms with Gasteiger partial charge < -0.3 is 10.0 Å². The molecule has 1 amide bonds. The van der Waals surface area contributed by atoms with Crippen LogP contribution in [0.4, 0.5) is 0 Å². The molecule has 1 atom stereocenters. The summed E-state index contributed by atoms with van der Waals surface area (Å²) in [5, 5.41) is 9.92. The van der Waals surface area contributed by atoms with Gasteiger partial charge in [-0.1, -0.05) is 39.5 Å². The van der Waals surface area contributed by atoms with Crippen LogP contribution in [0.1, 0.15) is 65.2 Å². The first-order valence-corrected chi connectivity index (χ1v) is 7.95. The smallest absolute Gasteiger partial charge is 0.222 e. The minimum atomic E-state index is -0.268. The van der Waals surface area contributed by atoms with E-state index in [9.17, 15) is 9.90 Å². The van der Waals surface area contributed by atoms with E-state index in [0.717, 1.165) is 25.3 Å². The van der Waals surface area contributed by atoms with Crippen molar-refractivity contribution in [1.29, 1.82) is 0 Å². The number of aliphatic hydroxyl groups excluding tert-OH is 1. The van der Waals surface area contributed by atoms with Gasteiger partial charge in [-0.2, -0.15) is 0 Å². The van der Waals surface area contributed by atoms with E-state index in [1.165, 1.54) is 32.1 Å². The topological polar surface area (TPSA) is 40.5 Å². The summed E-state index contributed by atoms with van der Waals surface area (Å²) < 4.78 is 0. The predicted octanol–water partition coefficient (Wildman–Crippen LogP) is 2.97. The fourth-order valence-electron chi connectivity index (χ4n) is 3.56. The molecule has 1 aliphatic carbocycles. The molecule has 0 bridgehead atoms. The standard InChI is InChI=1S/C16H29NO2/c1-16(2)12-17(11-10-14(16)18)15(19)9-5-8-13-6-3-4-7-13/h13-14,18H,3-12H2,1-2H3. The molecule has 1 aliphatic heterocycles. The average molecular weight is 267 g/mol. The van der Waals surface area contributed by atoms with Gasteiger partial charge in [-0.15, -0.1) is 0 Å². The summed E-state index contributed by atoms with van der Waals surface area (Å²) in [6.45, 7) is 5.54. The van der Waals surface area contributed by atoms with Gasteiger partial charge in [-0.05, 0) is 25.2 Å². The number of aliphatic hydroxyl groups is 1. The van der Waals surface area contributed by atoms with E-state index in [-0.39, 0.29) is 17.4 Å². The van der Waals surface area contributed by atoms with Crippen LogP contribution in [-0.4, -0.2) is 35.1 Å². The quantitative estimate of drug-likeness (QED) is 0.850. The lowest BCUT2D eigenvalue weighted by Crippen LogP contribution is -2.50. The molecule has 19 heavy (non-hydrogen) atoms. The van der Waals surface area contributed by atoms with Crippen LogP contribution in [0.5, 0.6) is 0 Å². The summed E-state index contributed by atoms with van der Waals surface area (Å²) in [6.07, 6.45) is 8.94. The highest BCUT2D eigenvalue weighted by atomic mass is 16.3. The minimum Gasteiger partial charge on any atom is -0.392 e. The van der Waals surface area contributed by atoms with Crippen LogP contribution in [0.25, 0.3) is 0 Å². The number of rotatable bonds is 4. The van der Waals surface area contributed by atoms with Crippen LogP contribution in [0.3, 0.4) is 0 Å². The fourth-order valence-corrected chi connectivity index (χ4v) is 3.56. The molecule has 2 fully saturated rings. The van der Waals surface area contributed by atoms with Crippen molar-refractivity contribution in [1.82, 2.24) is 4.90 Å². The van der Waals surface area contributed by atoms with E-state index in [1.54, 1.807) is 0 Å². The normalized spacial score (nSPS) is 27.7. The van der Waals surface area contributed by atoms with Crippen LogP contribution in [-0.2, 0) is 4.79 Å². The summed E-state index contributed by atoms with van der Waals surface area (Å²) in [6, 6.07) is 0. The first-order chi connectivity index (χ1) is 8.99. The number of hydrogen-bond donors (Lipinski definition) is 1. The molecule has 2 rings (SSSR count). The number of carbonyl (C=O) groups excluding carboxylic acids is 1. The number of piperidine rings is 1. The van der Waals surface area contributed by atoms with Gasteiger partial charge >= 0.3 is 0 Å². The predicted molar refractivity (Wildman–Crippen MR) is 76.8 cm³/mol. The molecule has 0 aromatic carbocycles. The number of nitrogens with zero attached hydrogens (tertiary/aromatic N) is 1. The molecule has 3 nitrogen and oxygen atoms in total. The van der Waals surface area contributed by atoms with E-state index in [4.69, 9.17) is 0 Å². The summed E-state index contributed by atoms with van der Waals surface area (Å²) in [5.41, 5.74) is -0.153. The molecule has 0 spiro atoms. The summed E-state index contributed by atoms with van der Waals surface area (Å²) in [4.78, 5) is 14.2. The maximum atomic E-state index is 12.2. The van der Waals surface area contributed by atoms with Crippen LogP contribution >= 0.6 is 0 Å². The molecule has 1 saturated heterocycles. The van der Waals surface area contributed by atoms with Crippen LogP contribution in [0, 0.1) is 11.3 Å². The molecule has 0 aromatic rings. The van der Waals surface area contributed by atoms with E-state index in [1.807, 2.05) is 4.90 Å². The zero-order valence-corrected chi connectivity index (χ0v) is 12.5. The van der Waals surface area contributed by atoms with Crippen LogP contribution in [0.15, 0.2) is 0 Å². The molecule has 110 valence electrons. The molecular formula is C16H29NO2. The third-order valence-corrected chi connectivity index (χ3v) is 5.00. The monoisotopic (exact) mass is 267 g/mol. The Kier molecular flexibility index (Phi) is 4.88. The second-order valence-corrected chi connectivity index (χ2v) is 7.15. The molecule has 1 heterocycles. The van der Waals surface area contributed by atoms with Crippen molar-refractivity contribution in [3.05, 3.63) is 0 Å². The highest BCUT2D eigenvalue weighted by Gasteiger charge is 2.36. The zero-order chi connectivity index (χ0) is 13.9. The molecule has 0 radical (unpaired) electrons. The first-order valence-electron chi connectivity index (χ1n) is 7.95. The minimum absolute atomic E-state index is 0.153. The zero-order valence-electron chi connectivity index (χ0n) is 12.5.